The summed E-state index contributed by atoms with van der Waals surface area (Å²) in [5.74, 6) is 2.49. The van der Waals surface area contributed by atoms with E-state index in [4.69, 9.17) is 19.6 Å². The summed E-state index contributed by atoms with van der Waals surface area (Å²) in [5.41, 5.74) is 2.26. The second kappa shape index (κ2) is 9.91. The third-order valence-electron chi connectivity index (χ3n) is 10.8. The summed E-state index contributed by atoms with van der Waals surface area (Å²) >= 11 is 0. The van der Waals surface area contributed by atoms with E-state index in [9.17, 15) is 5.11 Å². The second-order valence-corrected chi connectivity index (χ2v) is 13.2. The van der Waals surface area contributed by atoms with Gasteiger partial charge in [0.25, 0.3) is 0 Å². The van der Waals surface area contributed by atoms with Gasteiger partial charge < -0.3 is 10.0 Å². The van der Waals surface area contributed by atoms with Gasteiger partial charge in [-0.2, -0.15) is 19.6 Å². The van der Waals surface area contributed by atoms with Crippen molar-refractivity contribution in [3.63, 3.8) is 0 Å². The zero-order valence-electron chi connectivity index (χ0n) is 23.1. The highest BCUT2D eigenvalue weighted by Gasteiger charge is 2.64. The molecule has 9 rings (SSSR count). The van der Waals surface area contributed by atoms with E-state index < -0.39 is 11.6 Å². The SMILES string of the molecule is Oc1ccc(C2CCC3(CC2)OOC2(OO3)C3CC4CC(C3)CC2C4)cc1CN1CCN(c2ncccn2)CC1. The lowest BCUT2D eigenvalue weighted by atomic mass is 9.53. The molecule has 4 bridgehead atoms. The van der Waals surface area contributed by atoms with Crippen LogP contribution in [0.3, 0.4) is 0 Å². The zero-order valence-corrected chi connectivity index (χ0v) is 23.1. The monoisotopic (exact) mass is 548 g/mol. The van der Waals surface area contributed by atoms with Crippen molar-refractivity contribution in [2.24, 2.45) is 23.7 Å². The maximum absolute atomic E-state index is 10.7. The topological polar surface area (TPSA) is 89.4 Å². The van der Waals surface area contributed by atoms with E-state index in [1.165, 1.54) is 37.7 Å². The first-order valence-electron chi connectivity index (χ1n) is 15.4. The van der Waals surface area contributed by atoms with E-state index in [2.05, 4.69) is 31.9 Å². The van der Waals surface area contributed by atoms with Crippen LogP contribution in [0.1, 0.15) is 74.8 Å². The van der Waals surface area contributed by atoms with Crippen molar-refractivity contribution in [3.8, 4) is 5.75 Å². The normalized spacial score (nSPS) is 39.3. The van der Waals surface area contributed by atoms with Crippen molar-refractivity contribution in [1.29, 1.82) is 0 Å². The smallest absolute Gasteiger partial charge is 0.239 e. The number of anilines is 1. The van der Waals surface area contributed by atoms with Crippen LogP contribution in [0.2, 0.25) is 0 Å². The Morgan fingerprint density at radius 1 is 0.825 bits per heavy atom. The first-order chi connectivity index (χ1) is 19.6. The molecular formula is C31H40N4O5. The molecule has 214 valence electrons. The maximum atomic E-state index is 10.7. The number of hydrogen-bond donors (Lipinski definition) is 1. The molecule has 0 unspecified atom stereocenters. The van der Waals surface area contributed by atoms with Crippen LogP contribution >= 0.6 is 0 Å². The summed E-state index contributed by atoms with van der Waals surface area (Å²) in [6, 6.07) is 7.98. The molecule has 0 amide bonds. The number of phenols is 1. The van der Waals surface area contributed by atoms with Gasteiger partial charge in [-0.15, -0.1) is 0 Å². The van der Waals surface area contributed by atoms with Gasteiger partial charge in [-0.25, -0.2) is 9.97 Å². The molecule has 0 radical (unpaired) electrons. The molecule has 5 aliphatic carbocycles. The number of piperazine rings is 1. The number of aromatic nitrogens is 2. The molecule has 2 aromatic rings. The van der Waals surface area contributed by atoms with Crippen molar-refractivity contribution < 1.29 is 24.7 Å². The lowest BCUT2D eigenvalue weighted by Crippen LogP contribution is -2.64. The van der Waals surface area contributed by atoms with Crippen LogP contribution < -0.4 is 4.90 Å². The van der Waals surface area contributed by atoms with Crippen LogP contribution in [0.25, 0.3) is 0 Å². The van der Waals surface area contributed by atoms with Crippen molar-refractivity contribution in [2.75, 3.05) is 31.1 Å². The fraction of sp³-hybridized carbons (Fsp3) is 0.677. The predicted molar refractivity (Wildman–Crippen MR) is 146 cm³/mol. The number of phenolic OH excluding ortho intramolecular Hbond substituents is 1. The Kier molecular flexibility index (Phi) is 6.30. The fourth-order valence-electron chi connectivity index (χ4n) is 8.77. The van der Waals surface area contributed by atoms with Crippen LogP contribution in [0.5, 0.6) is 5.75 Å². The van der Waals surface area contributed by atoms with Crippen LogP contribution in [0.15, 0.2) is 36.7 Å². The van der Waals surface area contributed by atoms with E-state index in [1.54, 1.807) is 12.4 Å². The van der Waals surface area contributed by atoms with E-state index in [-0.39, 0.29) is 0 Å². The van der Waals surface area contributed by atoms with Gasteiger partial charge in [0.15, 0.2) is 0 Å². The molecule has 9 heteroatoms. The number of nitrogens with zero attached hydrogens (tertiary/aromatic N) is 4. The average Bonchev–Trinajstić information content (AvgIpc) is 2.99. The first-order valence-corrected chi connectivity index (χ1v) is 15.4. The Morgan fingerprint density at radius 2 is 1.48 bits per heavy atom. The molecule has 2 spiro atoms. The van der Waals surface area contributed by atoms with Crippen LogP contribution in [0.4, 0.5) is 5.95 Å². The number of benzene rings is 1. The molecule has 9 nitrogen and oxygen atoms in total. The van der Waals surface area contributed by atoms with Gasteiger partial charge in [0.05, 0.1) is 0 Å². The molecule has 1 aromatic heterocycles. The van der Waals surface area contributed by atoms with Gasteiger partial charge in [-0.05, 0) is 80.4 Å². The Balaban J connectivity index is 0.874. The highest BCUT2D eigenvalue weighted by Crippen LogP contribution is 2.62. The summed E-state index contributed by atoms with van der Waals surface area (Å²) in [5, 5.41) is 10.7. The number of aromatic hydroxyl groups is 1. The summed E-state index contributed by atoms with van der Waals surface area (Å²) in [6.45, 7) is 4.31. The Labute approximate surface area is 235 Å². The van der Waals surface area contributed by atoms with Crippen LogP contribution in [0, 0.1) is 23.7 Å². The highest BCUT2D eigenvalue weighted by molar-refractivity contribution is 5.38. The molecular weight excluding hydrogens is 508 g/mol. The zero-order chi connectivity index (χ0) is 26.7. The molecule has 7 fully saturated rings. The number of rotatable bonds is 4. The lowest BCUT2D eigenvalue weighted by molar-refractivity contribution is -0.680. The summed E-state index contributed by atoms with van der Waals surface area (Å²) in [6.07, 6.45) is 13.0. The van der Waals surface area contributed by atoms with Crippen molar-refractivity contribution in [2.45, 2.75) is 81.8 Å². The quantitative estimate of drug-likeness (QED) is 0.535. The van der Waals surface area contributed by atoms with Gasteiger partial charge in [-0.1, -0.05) is 12.1 Å². The lowest BCUT2D eigenvalue weighted by Gasteiger charge is -2.60. The van der Waals surface area contributed by atoms with Crippen LogP contribution in [-0.2, 0) is 26.1 Å². The third-order valence-corrected chi connectivity index (χ3v) is 10.8. The predicted octanol–water partition coefficient (Wildman–Crippen LogP) is 4.92. The maximum Gasteiger partial charge on any atom is 0.239 e. The van der Waals surface area contributed by atoms with Gasteiger partial charge in [0, 0.05) is 75.4 Å². The van der Waals surface area contributed by atoms with Gasteiger partial charge in [0.1, 0.15) is 5.75 Å². The molecule has 3 heterocycles. The van der Waals surface area contributed by atoms with Crippen molar-refractivity contribution in [1.82, 2.24) is 14.9 Å². The summed E-state index contributed by atoms with van der Waals surface area (Å²) < 4.78 is 0. The molecule has 7 aliphatic rings. The van der Waals surface area contributed by atoms with Crippen molar-refractivity contribution >= 4 is 5.95 Å². The Bertz CT molecular complexity index is 1170. The van der Waals surface area contributed by atoms with Gasteiger partial charge in [-0.3, -0.25) is 4.90 Å². The minimum atomic E-state index is -0.807. The molecule has 5 saturated carbocycles. The van der Waals surface area contributed by atoms with E-state index in [1.807, 2.05) is 12.1 Å². The highest BCUT2D eigenvalue weighted by atomic mass is 17.4. The Hall–Kier alpha value is -2.30. The minimum absolute atomic E-state index is 0.367. The standard InChI is InChI=1S/C31H40N4O5/c36-28-3-2-24(19-25(28)20-34-10-12-35(13-11-34)29-32-8-1-9-33-29)23-4-6-30(7-5-23)37-39-31(40-38-30)26-15-21-14-22(17-26)18-27(31)16-21/h1-3,8-9,19,21-23,26-27,36H,4-7,10-18,20H2. The first kappa shape index (κ1) is 25.4. The van der Waals surface area contributed by atoms with Crippen molar-refractivity contribution in [3.05, 3.63) is 47.8 Å². The van der Waals surface area contributed by atoms with E-state index in [0.29, 0.717) is 23.5 Å². The molecule has 0 atom stereocenters. The molecule has 2 aliphatic heterocycles. The Morgan fingerprint density at radius 3 is 2.12 bits per heavy atom. The van der Waals surface area contributed by atoms with Gasteiger partial charge in [0.2, 0.25) is 17.5 Å². The van der Waals surface area contributed by atoms with E-state index in [0.717, 1.165) is 81.8 Å². The molecule has 1 aromatic carbocycles. The summed E-state index contributed by atoms with van der Waals surface area (Å²) in [7, 11) is 0. The average molecular weight is 549 g/mol. The van der Waals surface area contributed by atoms with Crippen LogP contribution in [-0.4, -0.2) is 57.7 Å². The molecule has 1 N–H and O–H groups in total. The van der Waals surface area contributed by atoms with Gasteiger partial charge >= 0.3 is 0 Å². The minimum Gasteiger partial charge on any atom is -0.508 e. The third kappa shape index (κ3) is 4.41. The fourth-order valence-corrected chi connectivity index (χ4v) is 8.77. The summed E-state index contributed by atoms with van der Waals surface area (Å²) in [4.78, 5) is 38.1. The molecule has 40 heavy (non-hydrogen) atoms. The largest absolute Gasteiger partial charge is 0.508 e. The van der Waals surface area contributed by atoms with E-state index >= 15 is 0 Å². The second-order valence-electron chi connectivity index (χ2n) is 13.2. The number of hydrogen-bond acceptors (Lipinski definition) is 9. The molecule has 2 saturated heterocycles.